The maximum absolute atomic E-state index is 5.58. The summed E-state index contributed by atoms with van der Waals surface area (Å²) in [5, 5.41) is 3.50. The highest BCUT2D eigenvalue weighted by atomic mass is 79.9. The van der Waals surface area contributed by atoms with E-state index < -0.39 is 0 Å². The van der Waals surface area contributed by atoms with E-state index in [1.54, 1.807) is 0 Å². The molecule has 0 heterocycles. The molecule has 0 atom stereocenters. The number of nitrogens with one attached hydrogen (secondary N) is 1. The van der Waals surface area contributed by atoms with Crippen LogP contribution in [0.25, 0.3) is 0 Å². The Kier molecular flexibility index (Phi) is 3.65. The van der Waals surface area contributed by atoms with Gasteiger partial charge in [-0.05, 0) is 38.0 Å². The summed E-state index contributed by atoms with van der Waals surface area (Å²) in [6, 6.07) is 6.90. The lowest BCUT2D eigenvalue weighted by Gasteiger charge is -2.11. The summed E-state index contributed by atoms with van der Waals surface area (Å²) in [5.41, 5.74) is 1.23. The van der Waals surface area contributed by atoms with E-state index in [-0.39, 0.29) is 0 Å². The molecule has 3 heteroatoms. The van der Waals surface area contributed by atoms with E-state index in [2.05, 4.69) is 27.3 Å². The van der Waals surface area contributed by atoms with Crippen LogP contribution in [-0.2, 0) is 6.54 Å². The summed E-state index contributed by atoms with van der Waals surface area (Å²) in [5.74, 6) is 0.994. The first-order valence-corrected chi connectivity index (χ1v) is 6.23. The van der Waals surface area contributed by atoms with Crippen molar-refractivity contribution in [2.24, 2.45) is 0 Å². The molecule has 1 aromatic rings. The van der Waals surface area contributed by atoms with Crippen LogP contribution in [-0.4, -0.2) is 12.6 Å². The molecule has 82 valence electrons. The van der Waals surface area contributed by atoms with Crippen molar-refractivity contribution in [2.75, 3.05) is 6.61 Å². The summed E-state index contributed by atoms with van der Waals surface area (Å²) in [6.07, 6.45) is 2.63. The third-order valence-corrected chi connectivity index (χ3v) is 2.97. The SMILES string of the molecule is CCOc1ccc(Br)cc1CNC1CC1. The van der Waals surface area contributed by atoms with Crippen molar-refractivity contribution < 1.29 is 4.74 Å². The van der Waals surface area contributed by atoms with Crippen LogP contribution in [0.4, 0.5) is 0 Å². The van der Waals surface area contributed by atoms with E-state index in [1.807, 2.05) is 19.1 Å². The van der Waals surface area contributed by atoms with Crippen molar-refractivity contribution in [1.29, 1.82) is 0 Å². The molecule has 1 N–H and O–H groups in total. The minimum absolute atomic E-state index is 0.720. The van der Waals surface area contributed by atoms with Gasteiger partial charge in [0.1, 0.15) is 5.75 Å². The van der Waals surface area contributed by atoms with Gasteiger partial charge in [-0.25, -0.2) is 0 Å². The second kappa shape index (κ2) is 4.99. The average Bonchev–Trinajstić information content (AvgIpc) is 3.02. The highest BCUT2D eigenvalue weighted by Gasteiger charge is 2.20. The first-order valence-electron chi connectivity index (χ1n) is 5.44. The lowest BCUT2D eigenvalue weighted by molar-refractivity contribution is 0.335. The second-order valence-corrected chi connectivity index (χ2v) is 4.76. The minimum atomic E-state index is 0.720. The molecular formula is C12H16BrNO. The van der Waals surface area contributed by atoms with Crippen LogP contribution in [0.1, 0.15) is 25.3 Å². The average molecular weight is 270 g/mol. The van der Waals surface area contributed by atoms with Crippen molar-refractivity contribution >= 4 is 15.9 Å². The highest BCUT2D eigenvalue weighted by molar-refractivity contribution is 9.10. The normalized spacial score (nSPS) is 15.3. The number of benzene rings is 1. The lowest BCUT2D eigenvalue weighted by Crippen LogP contribution is -2.16. The summed E-state index contributed by atoms with van der Waals surface area (Å²) < 4.78 is 6.69. The van der Waals surface area contributed by atoms with E-state index in [1.165, 1.54) is 18.4 Å². The van der Waals surface area contributed by atoms with Gasteiger partial charge < -0.3 is 10.1 Å². The zero-order chi connectivity index (χ0) is 10.7. The number of hydrogen-bond donors (Lipinski definition) is 1. The van der Waals surface area contributed by atoms with Gasteiger partial charge in [-0.3, -0.25) is 0 Å². The zero-order valence-electron chi connectivity index (χ0n) is 8.92. The third-order valence-electron chi connectivity index (χ3n) is 2.48. The second-order valence-electron chi connectivity index (χ2n) is 3.84. The molecule has 2 rings (SSSR count). The maximum atomic E-state index is 5.58. The van der Waals surface area contributed by atoms with Gasteiger partial charge in [0.15, 0.2) is 0 Å². The molecule has 0 bridgehead atoms. The Hall–Kier alpha value is -0.540. The molecule has 0 aromatic heterocycles. The molecule has 0 amide bonds. The quantitative estimate of drug-likeness (QED) is 0.887. The van der Waals surface area contributed by atoms with Crippen LogP contribution < -0.4 is 10.1 Å². The van der Waals surface area contributed by atoms with Gasteiger partial charge in [0.05, 0.1) is 6.61 Å². The van der Waals surface area contributed by atoms with Gasteiger partial charge >= 0.3 is 0 Å². The van der Waals surface area contributed by atoms with Crippen LogP contribution in [0.5, 0.6) is 5.75 Å². The standard InChI is InChI=1S/C12H16BrNO/c1-2-15-12-6-3-10(13)7-9(12)8-14-11-4-5-11/h3,6-7,11,14H,2,4-5,8H2,1H3. The first kappa shape index (κ1) is 11.0. The number of rotatable bonds is 5. The van der Waals surface area contributed by atoms with Crippen LogP contribution >= 0.6 is 15.9 Å². The Morgan fingerprint density at radius 3 is 2.93 bits per heavy atom. The minimum Gasteiger partial charge on any atom is -0.494 e. The van der Waals surface area contributed by atoms with Crippen molar-refractivity contribution in [3.8, 4) is 5.75 Å². The largest absolute Gasteiger partial charge is 0.494 e. The van der Waals surface area contributed by atoms with Crippen LogP contribution in [0.15, 0.2) is 22.7 Å². The number of ether oxygens (including phenoxy) is 1. The molecule has 1 aliphatic rings. The molecule has 0 unspecified atom stereocenters. The molecule has 1 fully saturated rings. The van der Waals surface area contributed by atoms with Crippen LogP contribution in [0.2, 0.25) is 0 Å². The summed E-state index contributed by atoms with van der Waals surface area (Å²) in [6.45, 7) is 3.64. The lowest BCUT2D eigenvalue weighted by atomic mass is 10.2. The van der Waals surface area contributed by atoms with Gasteiger partial charge in [-0.2, -0.15) is 0 Å². The van der Waals surface area contributed by atoms with E-state index in [9.17, 15) is 0 Å². The Balaban J connectivity index is 2.05. The number of hydrogen-bond acceptors (Lipinski definition) is 2. The van der Waals surface area contributed by atoms with Crippen molar-refractivity contribution in [3.05, 3.63) is 28.2 Å². The van der Waals surface area contributed by atoms with Crippen molar-refractivity contribution in [1.82, 2.24) is 5.32 Å². The Bertz CT molecular complexity index is 336. The highest BCUT2D eigenvalue weighted by Crippen LogP contribution is 2.25. The fourth-order valence-electron chi connectivity index (χ4n) is 1.52. The smallest absolute Gasteiger partial charge is 0.123 e. The molecule has 0 saturated heterocycles. The van der Waals surface area contributed by atoms with Crippen LogP contribution in [0, 0.1) is 0 Å². The molecule has 1 aromatic carbocycles. The molecular weight excluding hydrogens is 254 g/mol. The van der Waals surface area contributed by atoms with Gasteiger partial charge in [0.2, 0.25) is 0 Å². The van der Waals surface area contributed by atoms with E-state index in [4.69, 9.17) is 4.74 Å². The molecule has 1 aliphatic carbocycles. The van der Waals surface area contributed by atoms with Crippen molar-refractivity contribution in [3.63, 3.8) is 0 Å². The van der Waals surface area contributed by atoms with E-state index >= 15 is 0 Å². The molecule has 0 spiro atoms. The fraction of sp³-hybridized carbons (Fsp3) is 0.500. The first-order chi connectivity index (χ1) is 7.29. The molecule has 2 nitrogen and oxygen atoms in total. The predicted molar refractivity (Wildman–Crippen MR) is 65.2 cm³/mol. The van der Waals surface area contributed by atoms with Gasteiger partial charge in [0, 0.05) is 22.6 Å². The molecule has 0 radical (unpaired) electrons. The molecule has 0 aliphatic heterocycles. The van der Waals surface area contributed by atoms with E-state index in [0.717, 1.165) is 29.4 Å². The molecule has 15 heavy (non-hydrogen) atoms. The predicted octanol–water partition coefficient (Wildman–Crippen LogP) is 3.10. The topological polar surface area (TPSA) is 21.3 Å². The summed E-state index contributed by atoms with van der Waals surface area (Å²) >= 11 is 3.49. The summed E-state index contributed by atoms with van der Waals surface area (Å²) in [4.78, 5) is 0. The summed E-state index contributed by atoms with van der Waals surface area (Å²) in [7, 11) is 0. The maximum Gasteiger partial charge on any atom is 0.123 e. The van der Waals surface area contributed by atoms with Gasteiger partial charge in [-0.1, -0.05) is 15.9 Å². The van der Waals surface area contributed by atoms with E-state index in [0.29, 0.717) is 0 Å². The molecule has 1 saturated carbocycles. The monoisotopic (exact) mass is 269 g/mol. The zero-order valence-corrected chi connectivity index (χ0v) is 10.5. The fourth-order valence-corrected chi connectivity index (χ4v) is 1.93. The Morgan fingerprint density at radius 2 is 2.27 bits per heavy atom. The van der Waals surface area contributed by atoms with Crippen molar-refractivity contribution in [2.45, 2.75) is 32.4 Å². The van der Waals surface area contributed by atoms with Gasteiger partial charge in [-0.15, -0.1) is 0 Å². The Labute approximate surface area is 99.1 Å². The third kappa shape index (κ3) is 3.21. The Morgan fingerprint density at radius 1 is 1.47 bits per heavy atom. The van der Waals surface area contributed by atoms with Crippen LogP contribution in [0.3, 0.4) is 0 Å². The number of halogens is 1. The van der Waals surface area contributed by atoms with Gasteiger partial charge in [0.25, 0.3) is 0 Å².